The van der Waals surface area contributed by atoms with Crippen LogP contribution in [0.4, 0.5) is 13.2 Å². The van der Waals surface area contributed by atoms with Crippen LogP contribution in [0.5, 0.6) is 0 Å². The molecule has 1 aliphatic carbocycles. The third-order valence-corrected chi connectivity index (χ3v) is 9.25. The Kier molecular flexibility index (Phi) is 7.13. The molecular formula is C30H26Cl2F3N5O. The van der Waals surface area contributed by atoms with Gasteiger partial charge in [-0.1, -0.05) is 35.3 Å². The fraction of sp³-hybridized carbons (Fsp3) is 0.367. The van der Waals surface area contributed by atoms with E-state index in [1.807, 2.05) is 12.1 Å². The third-order valence-electron chi connectivity index (χ3n) is 8.43. The van der Waals surface area contributed by atoms with E-state index in [0.717, 1.165) is 23.9 Å². The summed E-state index contributed by atoms with van der Waals surface area (Å²) in [4.78, 5) is 16.6. The average Bonchev–Trinajstić information content (AvgIpc) is 3.66. The van der Waals surface area contributed by atoms with Crippen LogP contribution < -0.4 is 10.6 Å². The number of benzene rings is 2. The second kappa shape index (κ2) is 10.5. The van der Waals surface area contributed by atoms with Crippen LogP contribution >= 0.6 is 23.2 Å². The third kappa shape index (κ3) is 4.44. The van der Waals surface area contributed by atoms with Crippen LogP contribution in [0.2, 0.25) is 10.0 Å². The molecule has 0 spiro atoms. The largest absolute Gasteiger partial charge is 0.343 e. The van der Waals surface area contributed by atoms with Gasteiger partial charge in [-0.25, -0.2) is 9.37 Å². The van der Waals surface area contributed by atoms with Gasteiger partial charge < -0.3 is 15.2 Å². The Labute approximate surface area is 244 Å². The first kappa shape index (κ1) is 27.8. The quantitative estimate of drug-likeness (QED) is 0.238. The number of pyridine rings is 1. The van der Waals surface area contributed by atoms with E-state index in [1.54, 1.807) is 32.0 Å². The Hall–Kier alpha value is -3.32. The maximum atomic E-state index is 16.7. The zero-order chi connectivity index (χ0) is 29.2. The van der Waals surface area contributed by atoms with Gasteiger partial charge in [0.15, 0.2) is 5.82 Å². The molecule has 4 heterocycles. The Morgan fingerprint density at radius 3 is 2.73 bits per heavy atom. The number of fused-ring (bicyclic) bond motifs is 4. The molecule has 4 aromatic rings. The monoisotopic (exact) mass is 599 g/mol. The SMILES string of the molecule is Cc1nc2c(F)c(-c3cccc(Cl)c3Cl)c(CCC#N)cc2c2c1cc(C(C)NC(=O)C(F)F)n2[C@H]1[C@H]2CN[C@@H]1C2. The number of aryl methyl sites for hydroxylation is 2. The van der Waals surface area contributed by atoms with E-state index in [2.05, 4.69) is 26.3 Å². The van der Waals surface area contributed by atoms with Crippen molar-refractivity contribution in [2.24, 2.45) is 5.92 Å². The molecule has 7 rings (SSSR count). The zero-order valence-corrected chi connectivity index (χ0v) is 23.8. The van der Waals surface area contributed by atoms with Gasteiger partial charge in [0, 0.05) is 52.3 Å². The minimum absolute atomic E-state index is 0.00562. The van der Waals surface area contributed by atoms with Crippen LogP contribution in [-0.4, -0.2) is 34.5 Å². The van der Waals surface area contributed by atoms with Crippen molar-refractivity contribution in [2.45, 2.75) is 57.7 Å². The lowest BCUT2D eigenvalue weighted by atomic mass is 9.79. The smallest absolute Gasteiger partial charge is 0.315 e. The number of carbonyl (C=O) groups is 1. The summed E-state index contributed by atoms with van der Waals surface area (Å²) < 4.78 is 45.1. The minimum atomic E-state index is -3.14. The van der Waals surface area contributed by atoms with Gasteiger partial charge in [0.1, 0.15) is 5.52 Å². The van der Waals surface area contributed by atoms with Crippen molar-refractivity contribution in [3.05, 3.63) is 63.1 Å². The highest BCUT2D eigenvalue weighted by Crippen LogP contribution is 2.49. The second-order valence-corrected chi connectivity index (χ2v) is 11.6. The van der Waals surface area contributed by atoms with Gasteiger partial charge in [-0.3, -0.25) is 4.79 Å². The molecule has 2 aromatic carbocycles. The van der Waals surface area contributed by atoms with Crippen molar-refractivity contribution in [3.8, 4) is 17.2 Å². The number of nitrogens with zero attached hydrogens (tertiary/aromatic N) is 3. The highest BCUT2D eigenvalue weighted by molar-refractivity contribution is 6.43. The van der Waals surface area contributed by atoms with Gasteiger partial charge in [-0.05, 0) is 56.4 Å². The van der Waals surface area contributed by atoms with Crippen LogP contribution in [0.1, 0.15) is 48.8 Å². The van der Waals surface area contributed by atoms with Crippen LogP contribution in [0.3, 0.4) is 0 Å². The van der Waals surface area contributed by atoms with Crippen molar-refractivity contribution in [1.29, 1.82) is 5.26 Å². The van der Waals surface area contributed by atoms with Crippen molar-refractivity contribution in [1.82, 2.24) is 20.2 Å². The van der Waals surface area contributed by atoms with Crippen LogP contribution in [0.25, 0.3) is 32.9 Å². The molecule has 2 bridgehead atoms. The number of rotatable bonds is 7. The standard InChI is InChI=1S/C30H26Cl2F3N5O/c1-13-18-11-22(14(2)39-30(41)29(34)35)40(27-16-10-21(27)37-12-16)28(18)19-9-15(5-4-8-36)23(25(33)26(19)38-13)17-6-3-7-20(31)24(17)32/h3,6-7,9,11,14,16,21,27,29,37H,4-5,10,12H2,1-2H3,(H,39,41)/t14?,16-,21-,27+/m1/s1. The molecule has 1 saturated carbocycles. The molecule has 4 atom stereocenters. The maximum absolute atomic E-state index is 16.7. The Morgan fingerprint density at radius 2 is 2.07 bits per heavy atom. The molecule has 3 aliphatic rings. The zero-order valence-electron chi connectivity index (χ0n) is 22.2. The molecule has 2 aliphatic heterocycles. The van der Waals surface area contributed by atoms with Gasteiger partial charge in [-0.2, -0.15) is 14.0 Å². The minimum Gasteiger partial charge on any atom is -0.343 e. The predicted octanol–water partition coefficient (Wildman–Crippen LogP) is 7.04. The summed E-state index contributed by atoms with van der Waals surface area (Å²) in [5, 5.41) is 17.1. The molecule has 2 aromatic heterocycles. The first-order chi connectivity index (χ1) is 19.6. The summed E-state index contributed by atoms with van der Waals surface area (Å²) in [7, 11) is 0. The molecule has 11 heteroatoms. The predicted molar refractivity (Wildman–Crippen MR) is 153 cm³/mol. The summed E-state index contributed by atoms with van der Waals surface area (Å²) in [5.74, 6) is -1.62. The number of hydrogen-bond acceptors (Lipinski definition) is 4. The molecule has 1 amide bonds. The average molecular weight is 600 g/mol. The summed E-state index contributed by atoms with van der Waals surface area (Å²) in [5.41, 5.74) is 3.30. The lowest BCUT2D eigenvalue weighted by Gasteiger charge is -2.38. The molecule has 3 fully saturated rings. The number of nitriles is 1. The van der Waals surface area contributed by atoms with E-state index < -0.39 is 24.2 Å². The van der Waals surface area contributed by atoms with Crippen molar-refractivity contribution < 1.29 is 18.0 Å². The Balaban J connectivity index is 1.67. The Morgan fingerprint density at radius 1 is 1.29 bits per heavy atom. The molecule has 41 heavy (non-hydrogen) atoms. The molecule has 2 saturated heterocycles. The molecule has 0 radical (unpaired) electrons. The van der Waals surface area contributed by atoms with Gasteiger partial charge >= 0.3 is 6.43 Å². The van der Waals surface area contributed by atoms with Crippen LogP contribution in [0, 0.1) is 30.0 Å². The number of alkyl halides is 2. The number of carbonyl (C=O) groups excluding carboxylic acids is 1. The number of nitrogens with one attached hydrogen (secondary N) is 2. The van der Waals surface area contributed by atoms with E-state index in [-0.39, 0.29) is 46.1 Å². The van der Waals surface area contributed by atoms with E-state index in [0.29, 0.717) is 33.8 Å². The number of hydrogen-bond donors (Lipinski definition) is 2. The summed E-state index contributed by atoms with van der Waals surface area (Å²) in [6.45, 7) is 4.26. The normalized spacial score (nSPS) is 20.4. The highest BCUT2D eigenvalue weighted by Gasteiger charge is 2.49. The first-order valence-corrected chi connectivity index (χ1v) is 14.2. The number of aromatic nitrogens is 2. The second-order valence-electron chi connectivity index (χ2n) is 10.8. The summed E-state index contributed by atoms with van der Waals surface area (Å²) in [6.07, 6.45) is -1.75. The van der Waals surface area contributed by atoms with Gasteiger partial charge in [-0.15, -0.1) is 0 Å². The van der Waals surface area contributed by atoms with Gasteiger partial charge in [0.05, 0.1) is 33.7 Å². The van der Waals surface area contributed by atoms with Crippen LogP contribution in [0.15, 0.2) is 30.3 Å². The first-order valence-electron chi connectivity index (χ1n) is 13.4. The fourth-order valence-electron chi connectivity index (χ4n) is 6.53. The highest BCUT2D eigenvalue weighted by atomic mass is 35.5. The summed E-state index contributed by atoms with van der Waals surface area (Å²) in [6, 6.07) is 10.3. The molecule has 1 unspecified atom stereocenters. The van der Waals surface area contributed by atoms with Crippen molar-refractivity contribution >= 4 is 50.9 Å². The fourth-order valence-corrected chi connectivity index (χ4v) is 6.92. The topological polar surface area (TPSA) is 82.7 Å². The van der Waals surface area contributed by atoms with Crippen molar-refractivity contribution in [2.75, 3.05) is 6.54 Å². The van der Waals surface area contributed by atoms with Gasteiger partial charge in [0.2, 0.25) is 0 Å². The molecule has 2 N–H and O–H groups in total. The Bertz CT molecular complexity index is 1750. The number of halogens is 5. The van der Waals surface area contributed by atoms with Gasteiger partial charge in [0.25, 0.3) is 5.91 Å². The number of amides is 1. The molecular weight excluding hydrogens is 574 g/mol. The lowest BCUT2D eigenvalue weighted by Crippen LogP contribution is -2.41. The lowest BCUT2D eigenvalue weighted by molar-refractivity contribution is -0.132. The molecule has 6 nitrogen and oxygen atoms in total. The van der Waals surface area contributed by atoms with E-state index >= 15 is 4.39 Å². The maximum Gasteiger partial charge on any atom is 0.315 e. The molecule has 212 valence electrons. The van der Waals surface area contributed by atoms with E-state index in [4.69, 9.17) is 23.2 Å². The van der Waals surface area contributed by atoms with E-state index in [9.17, 15) is 18.8 Å². The van der Waals surface area contributed by atoms with Crippen molar-refractivity contribution in [3.63, 3.8) is 0 Å². The van der Waals surface area contributed by atoms with Crippen LogP contribution in [-0.2, 0) is 11.2 Å². The van der Waals surface area contributed by atoms with E-state index in [1.165, 1.54) is 0 Å². The summed E-state index contributed by atoms with van der Waals surface area (Å²) >= 11 is 12.8.